The van der Waals surface area contributed by atoms with E-state index in [2.05, 4.69) is 10.2 Å². The molecule has 4 aromatic rings. The molecule has 0 aliphatic heterocycles. The molecule has 0 atom stereocenters. The first-order chi connectivity index (χ1) is 13.5. The van der Waals surface area contributed by atoms with Gasteiger partial charge in [0.05, 0.1) is 11.2 Å². The number of benzene rings is 3. The van der Waals surface area contributed by atoms with Crippen LogP contribution in [0.1, 0.15) is 27.2 Å². The van der Waals surface area contributed by atoms with Gasteiger partial charge in [-0.15, -0.1) is 5.11 Å². The minimum absolute atomic E-state index is 0.0587. The summed E-state index contributed by atoms with van der Waals surface area (Å²) >= 11 is 0. The SMILES string of the molecule is Cc1ccc(N=Nc2c(C(=O)c3ccc(C)cc3)n(C)c3ccccc23)cc1. The molecule has 0 saturated carbocycles. The van der Waals surface area contributed by atoms with Crippen molar-refractivity contribution >= 4 is 28.1 Å². The lowest BCUT2D eigenvalue weighted by Gasteiger charge is -2.05. The molecule has 28 heavy (non-hydrogen) atoms. The van der Waals surface area contributed by atoms with Crippen LogP contribution in [0.5, 0.6) is 0 Å². The first kappa shape index (κ1) is 17.9. The Morgan fingerprint density at radius 3 is 2.07 bits per heavy atom. The van der Waals surface area contributed by atoms with E-state index < -0.39 is 0 Å². The Balaban J connectivity index is 1.86. The second-order valence-corrected chi connectivity index (χ2v) is 7.00. The van der Waals surface area contributed by atoms with Crippen LogP contribution in [0.2, 0.25) is 0 Å². The van der Waals surface area contributed by atoms with E-state index >= 15 is 0 Å². The van der Waals surface area contributed by atoms with Crippen molar-refractivity contribution in [1.82, 2.24) is 4.57 Å². The predicted octanol–water partition coefficient (Wildman–Crippen LogP) is 6.44. The van der Waals surface area contributed by atoms with Crippen molar-refractivity contribution in [2.24, 2.45) is 17.3 Å². The van der Waals surface area contributed by atoms with Gasteiger partial charge in [-0.25, -0.2) is 0 Å². The molecule has 0 fully saturated rings. The van der Waals surface area contributed by atoms with Crippen molar-refractivity contribution in [3.63, 3.8) is 0 Å². The predicted molar refractivity (Wildman–Crippen MR) is 113 cm³/mol. The topological polar surface area (TPSA) is 46.7 Å². The molecule has 0 radical (unpaired) electrons. The molecule has 0 amide bonds. The van der Waals surface area contributed by atoms with Gasteiger partial charge >= 0.3 is 0 Å². The fraction of sp³-hybridized carbons (Fsp3) is 0.125. The van der Waals surface area contributed by atoms with Crippen LogP contribution < -0.4 is 0 Å². The Labute approximate surface area is 164 Å². The van der Waals surface area contributed by atoms with Crippen LogP contribution in [0, 0.1) is 13.8 Å². The van der Waals surface area contributed by atoms with E-state index in [-0.39, 0.29) is 5.78 Å². The smallest absolute Gasteiger partial charge is 0.211 e. The summed E-state index contributed by atoms with van der Waals surface area (Å²) in [5.41, 5.74) is 5.78. The van der Waals surface area contributed by atoms with Gasteiger partial charge in [0.15, 0.2) is 0 Å². The summed E-state index contributed by atoms with van der Waals surface area (Å²) in [6, 6.07) is 23.3. The summed E-state index contributed by atoms with van der Waals surface area (Å²) in [4.78, 5) is 13.3. The molecule has 0 aliphatic carbocycles. The van der Waals surface area contributed by atoms with Gasteiger partial charge in [-0.3, -0.25) is 4.79 Å². The lowest BCUT2D eigenvalue weighted by Crippen LogP contribution is -2.07. The Morgan fingerprint density at radius 1 is 0.786 bits per heavy atom. The summed E-state index contributed by atoms with van der Waals surface area (Å²) in [7, 11) is 1.90. The molecule has 4 heteroatoms. The Morgan fingerprint density at radius 2 is 1.39 bits per heavy atom. The molecule has 0 saturated heterocycles. The average molecular weight is 367 g/mol. The fourth-order valence-electron chi connectivity index (χ4n) is 3.30. The van der Waals surface area contributed by atoms with Gasteiger partial charge in [-0.1, -0.05) is 65.7 Å². The maximum Gasteiger partial charge on any atom is 0.211 e. The Kier molecular flexibility index (Phi) is 4.62. The molecule has 0 spiro atoms. The van der Waals surface area contributed by atoms with Gasteiger partial charge < -0.3 is 4.57 Å². The van der Waals surface area contributed by atoms with Gasteiger partial charge in [0.25, 0.3) is 0 Å². The highest BCUT2D eigenvalue weighted by atomic mass is 16.1. The summed E-state index contributed by atoms with van der Waals surface area (Å²) in [5.74, 6) is -0.0587. The number of carbonyl (C=O) groups is 1. The second-order valence-electron chi connectivity index (χ2n) is 7.00. The first-order valence-corrected chi connectivity index (χ1v) is 9.22. The number of hydrogen-bond acceptors (Lipinski definition) is 3. The van der Waals surface area contributed by atoms with E-state index in [1.165, 1.54) is 5.56 Å². The molecular formula is C24H21N3O. The highest BCUT2D eigenvalue weighted by Gasteiger charge is 2.22. The van der Waals surface area contributed by atoms with Gasteiger partial charge in [0.1, 0.15) is 11.4 Å². The molecule has 0 N–H and O–H groups in total. The number of para-hydroxylation sites is 1. The summed E-state index contributed by atoms with van der Waals surface area (Å²) in [6.45, 7) is 4.04. The third-order valence-corrected chi connectivity index (χ3v) is 4.91. The Bertz CT molecular complexity index is 1180. The highest BCUT2D eigenvalue weighted by molar-refractivity contribution is 6.16. The third-order valence-electron chi connectivity index (χ3n) is 4.91. The quantitative estimate of drug-likeness (QED) is 0.302. The van der Waals surface area contributed by atoms with Crippen LogP contribution in [0.25, 0.3) is 10.9 Å². The minimum atomic E-state index is -0.0587. The largest absolute Gasteiger partial charge is 0.339 e. The standard InChI is InChI=1S/C24H21N3O/c1-16-8-12-18(13-9-16)24(28)23-22(20-6-4-5-7-21(20)27(23)3)26-25-19-14-10-17(2)11-15-19/h4-15H,1-3H3. The number of aryl methyl sites for hydroxylation is 3. The van der Waals surface area contributed by atoms with Crippen LogP contribution in [-0.4, -0.2) is 10.4 Å². The van der Waals surface area contributed by atoms with E-state index in [1.807, 2.05) is 98.3 Å². The van der Waals surface area contributed by atoms with E-state index in [0.717, 1.165) is 22.2 Å². The van der Waals surface area contributed by atoms with Crippen molar-refractivity contribution in [3.8, 4) is 0 Å². The average Bonchev–Trinajstić information content (AvgIpc) is 3.00. The second kappa shape index (κ2) is 7.24. The van der Waals surface area contributed by atoms with Crippen LogP contribution in [0.3, 0.4) is 0 Å². The van der Waals surface area contributed by atoms with Gasteiger partial charge in [0.2, 0.25) is 5.78 Å². The number of fused-ring (bicyclic) bond motifs is 1. The zero-order valence-electron chi connectivity index (χ0n) is 16.2. The molecular weight excluding hydrogens is 346 g/mol. The van der Waals surface area contributed by atoms with Crippen LogP contribution in [0.4, 0.5) is 11.4 Å². The van der Waals surface area contributed by atoms with Gasteiger partial charge in [0, 0.05) is 18.0 Å². The molecule has 1 aromatic heterocycles. The molecule has 0 aliphatic rings. The van der Waals surface area contributed by atoms with E-state index in [4.69, 9.17) is 0 Å². The zero-order chi connectivity index (χ0) is 19.7. The molecule has 138 valence electrons. The van der Waals surface area contributed by atoms with Gasteiger partial charge in [-0.05, 0) is 32.0 Å². The number of nitrogens with zero attached hydrogens (tertiary/aromatic N) is 3. The van der Waals surface area contributed by atoms with Crippen molar-refractivity contribution in [3.05, 3.63) is 95.2 Å². The van der Waals surface area contributed by atoms with Crippen LogP contribution in [0.15, 0.2) is 83.0 Å². The van der Waals surface area contributed by atoms with Crippen molar-refractivity contribution < 1.29 is 4.79 Å². The summed E-state index contributed by atoms with van der Waals surface area (Å²) < 4.78 is 1.90. The number of hydrogen-bond donors (Lipinski definition) is 0. The molecule has 0 bridgehead atoms. The molecule has 1 heterocycles. The van der Waals surface area contributed by atoms with Crippen LogP contribution >= 0.6 is 0 Å². The normalized spacial score (nSPS) is 11.4. The summed E-state index contributed by atoms with van der Waals surface area (Å²) in [5, 5.41) is 9.81. The Hall–Kier alpha value is -3.53. The maximum atomic E-state index is 13.3. The number of carbonyl (C=O) groups excluding carboxylic acids is 1. The van der Waals surface area contributed by atoms with E-state index in [1.54, 1.807) is 0 Å². The summed E-state index contributed by atoms with van der Waals surface area (Å²) in [6.07, 6.45) is 0. The first-order valence-electron chi connectivity index (χ1n) is 9.22. The highest BCUT2D eigenvalue weighted by Crippen LogP contribution is 2.35. The van der Waals surface area contributed by atoms with Gasteiger partial charge in [-0.2, -0.15) is 5.11 Å². The number of aromatic nitrogens is 1. The molecule has 4 rings (SSSR count). The molecule has 0 unspecified atom stereocenters. The van der Waals surface area contributed by atoms with Crippen molar-refractivity contribution in [2.45, 2.75) is 13.8 Å². The van der Waals surface area contributed by atoms with E-state index in [0.29, 0.717) is 16.9 Å². The zero-order valence-corrected chi connectivity index (χ0v) is 16.2. The molecule has 3 aromatic carbocycles. The van der Waals surface area contributed by atoms with Crippen LogP contribution in [-0.2, 0) is 7.05 Å². The number of rotatable bonds is 4. The fourth-order valence-corrected chi connectivity index (χ4v) is 3.30. The lowest BCUT2D eigenvalue weighted by atomic mass is 10.1. The third kappa shape index (κ3) is 3.25. The lowest BCUT2D eigenvalue weighted by molar-refractivity contribution is 0.103. The molecule has 4 nitrogen and oxygen atoms in total. The minimum Gasteiger partial charge on any atom is -0.339 e. The van der Waals surface area contributed by atoms with Crippen molar-refractivity contribution in [1.29, 1.82) is 0 Å². The van der Waals surface area contributed by atoms with E-state index in [9.17, 15) is 4.79 Å². The number of azo groups is 1. The maximum absolute atomic E-state index is 13.3. The monoisotopic (exact) mass is 367 g/mol. The van der Waals surface area contributed by atoms with Crippen molar-refractivity contribution in [2.75, 3.05) is 0 Å². The number of ketones is 1.